The zero-order chi connectivity index (χ0) is 20.0. The van der Waals surface area contributed by atoms with E-state index < -0.39 is 0 Å². The van der Waals surface area contributed by atoms with Crippen molar-refractivity contribution in [2.75, 3.05) is 0 Å². The third-order valence-electron chi connectivity index (χ3n) is 7.11. The lowest BCUT2D eigenvalue weighted by Crippen LogP contribution is -2.51. The first-order chi connectivity index (χ1) is 12.6. The first kappa shape index (κ1) is 20.0. The van der Waals surface area contributed by atoms with Crippen molar-refractivity contribution in [1.29, 1.82) is 0 Å². The molecule has 3 heteroatoms. The molecular formula is C24H34O3. The van der Waals surface area contributed by atoms with E-state index in [-0.39, 0.29) is 39.9 Å². The molecular weight excluding hydrogens is 336 g/mol. The van der Waals surface area contributed by atoms with Crippen LogP contribution in [0.25, 0.3) is 5.57 Å². The molecule has 148 valence electrons. The summed E-state index contributed by atoms with van der Waals surface area (Å²) in [6, 6.07) is 3.58. The number of benzene rings is 1. The van der Waals surface area contributed by atoms with Crippen molar-refractivity contribution in [3.8, 4) is 11.5 Å². The highest BCUT2D eigenvalue weighted by Gasteiger charge is 2.56. The molecule has 4 rings (SSSR count). The molecule has 1 unspecified atom stereocenters. The van der Waals surface area contributed by atoms with E-state index in [4.69, 9.17) is 0 Å². The Morgan fingerprint density at radius 3 is 2.22 bits per heavy atom. The third-order valence-corrected chi connectivity index (χ3v) is 7.11. The summed E-state index contributed by atoms with van der Waals surface area (Å²) in [5.74, 6) is 0.595. The number of unbranched alkanes of at least 4 members (excludes halogenated alkanes) is 3. The molecule has 3 aliphatic carbocycles. The standard InChI is InChI=1S/C24H34O3/c1-6-7-8-9-10-23(2,3)15-11-20(26)22(21(27)12-15)16-13-19(25)18-14-17(16)24(18,4)5/h11-13,17-18,26-27H,6-10,14H2,1-5H3/t17?,18-/m0/s1. The quantitative estimate of drug-likeness (QED) is 0.581. The van der Waals surface area contributed by atoms with E-state index in [9.17, 15) is 15.0 Å². The molecule has 2 atom stereocenters. The van der Waals surface area contributed by atoms with Crippen LogP contribution < -0.4 is 0 Å². The minimum Gasteiger partial charge on any atom is -0.507 e. The molecule has 3 aliphatic rings. The van der Waals surface area contributed by atoms with Gasteiger partial charge in [-0.3, -0.25) is 4.79 Å². The van der Waals surface area contributed by atoms with Crippen LogP contribution in [0.5, 0.6) is 11.5 Å². The van der Waals surface area contributed by atoms with Crippen LogP contribution in [0.4, 0.5) is 0 Å². The van der Waals surface area contributed by atoms with Gasteiger partial charge in [0.1, 0.15) is 11.5 Å². The third kappa shape index (κ3) is 3.41. The van der Waals surface area contributed by atoms with Gasteiger partial charge in [0, 0.05) is 5.92 Å². The lowest BCUT2D eigenvalue weighted by molar-refractivity contribution is -0.132. The van der Waals surface area contributed by atoms with Gasteiger partial charge in [-0.1, -0.05) is 60.3 Å². The maximum Gasteiger partial charge on any atom is 0.159 e. The van der Waals surface area contributed by atoms with Gasteiger partial charge in [0.2, 0.25) is 0 Å². The lowest BCUT2D eigenvalue weighted by atomic mass is 9.47. The van der Waals surface area contributed by atoms with Gasteiger partial charge in [0.15, 0.2) is 5.78 Å². The second-order valence-electron chi connectivity index (χ2n) is 9.75. The van der Waals surface area contributed by atoms with Crippen molar-refractivity contribution >= 4 is 11.4 Å². The highest BCUT2D eigenvalue weighted by Crippen LogP contribution is 2.61. The normalized spacial score (nSPS) is 23.7. The van der Waals surface area contributed by atoms with Crippen LogP contribution in [0.2, 0.25) is 0 Å². The summed E-state index contributed by atoms with van der Waals surface area (Å²) in [4.78, 5) is 12.4. The maximum absolute atomic E-state index is 12.4. The van der Waals surface area contributed by atoms with Crippen LogP contribution >= 0.6 is 0 Å². The summed E-state index contributed by atoms with van der Waals surface area (Å²) >= 11 is 0. The minimum atomic E-state index is -0.112. The highest BCUT2D eigenvalue weighted by molar-refractivity contribution is 6.04. The molecule has 2 bridgehead atoms. The van der Waals surface area contributed by atoms with Crippen molar-refractivity contribution in [1.82, 2.24) is 0 Å². The number of hydrogen-bond donors (Lipinski definition) is 2. The molecule has 1 fully saturated rings. The fourth-order valence-electron chi connectivity index (χ4n) is 4.97. The number of ketones is 1. The second-order valence-corrected chi connectivity index (χ2v) is 9.75. The van der Waals surface area contributed by atoms with Gasteiger partial charge in [-0.2, -0.15) is 0 Å². The number of phenolic OH excluding ortho intramolecular Hbond substituents is 2. The zero-order valence-electron chi connectivity index (χ0n) is 17.4. The molecule has 0 heterocycles. The second kappa shape index (κ2) is 7.00. The molecule has 0 spiro atoms. The van der Waals surface area contributed by atoms with E-state index in [2.05, 4.69) is 34.6 Å². The summed E-state index contributed by atoms with van der Waals surface area (Å²) in [7, 11) is 0. The van der Waals surface area contributed by atoms with Crippen molar-refractivity contribution in [3.63, 3.8) is 0 Å². The Kier molecular flexibility index (Phi) is 5.18. The predicted octanol–water partition coefficient (Wildman–Crippen LogP) is 5.97. The number of phenols is 2. The van der Waals surface area contributed by atoms with Crippen LogP contribution in [-0.4, -0.2) is 16.0 Å². The summed E-state index contributed by atoms with van der Waals surface area (Å²) in [5.41, 5.74) is 1.99. The molecule has 1 saturated carbocycles. The molecule has 0 saturated heterocycles. The SMILES string of the molecule is CCCCCCC(C)(C)c1cc(O)c(C2=CC(=O)[C@@H]3CC2C3(C)C)c(O)c1. The summed E-state index contributed by atoms with van der Waals surface area (Å²) in [5, 5.41) is 21.6. The van der Waals surface area contributed by atoms with Crippen LogP contribution in [0.15, 0.2) is 18.2 Å². The molecule has 2 N–H and O–H groups in total. The smallest absolute Gasteiger partial charge is 0.159 e. The molecule has 0 amide bonds. The van der Waals surface area contributed by atoms with Crippen molar-refractivity contribution < 1.29 is 15.0 Å². The molecule has 27 heavy (non-hydrogen) atoms. The van der Waals surface area contributed by atoms with Crippen LogP contribution in [0.3, 0.4) is 0 Å². The van der Waals surface area contributed by atoms with E-state index in [1.54, 1.807) is 18.2 Å². The summed E-state index contributed by atoms with van der Waals surface area (Å²) in [6.45, 7) is 10.7. The molecule has 0 aliphatic heterocycles. The predicted molar refractivity (Wildman–Crippen MR) is 110 cm³/mol. The van der Waals surface area contributed by atoms with Crippen molar-refractivity contribution in [3.05, 3.63) is 29.3 Å². The average Bonchev–Trinajstić information content (AvgIpc) is 2.57. The highest BCUT2D eigenvalue weighted by atomic mass is 16.3. The number of fused-ring (bicyclic) bond motifs is 1. The lowest BCUT2D eigenvalue weighted by Gasteiger charge is -2.55. The number of rotatable bonds is 7. The first-order valence-electron chi connectivity index (χ1n) is 10.4. The fourth-order valence-corrected chi connectivity index (χ4v) is 4.97. The number of carbonyl (C=O) groups is 1. The number of aromatic hydroxyl groups is 2. The van der Waals surface area contributed by atoms with Gasteiger partial charge < -0.3 is 10.2 Å². The average molecular weight is 371 g/mol. The van der Waals surface area contributed by atoms with E-state index >= 15 is 0 Å². The van der Waals surface area contributed by atoms with Crippen LogP contribution in [0, 0.1) is 17.3 Å². The largest absolute Gasteiger partial charge is 0.507 e. The number of carbonyl (C=O) groups excluding carboxylic acids is 1. The van der Waals surface area contributed by atoms with Gasteiger partial charge >= 0.3 is 0 Å². The summed E-state index contributed by atoms with van der Waals surface area (Å²) in [6.07, 6.45) is 8.29. The Balaban J connectivity index is 1.89. The van der Waals surface area contributed by atoms with Crippen molar-refractivity contribution in [2.45, 2.75) is 78.6 Å². The van der Waals surface area contributed by atoms with Crippen LogP contribution in [0.1, 0.15) is 84.3 Å². The molecule has 1 aromatic rings. The van der Waals surface area contributed by atoms with Gasteiger partial charge in [-0.05, 0) is 58.9 Å². The van der Waals surface area contributed by atoms with Gasteiger partial charge in [0.05, 0.1) is 5.56 Å². The fraction of sp³-hybridized carbons (Fsp3) is 0.625. The minimum absolute atomic E-state index is 0.0804. The van der Waals surface area contributed by atoms with E-state index in [1.807, 2.05) is 0 Å². The molecule has 0 aromatic heterocycles. The Morgan fingerprint density at radius 2 is 1.70 bits per heavy atom. The van der Waals surface area contributed by atoms with E-state index in [0.717, 1.165) is 30.4 Å². The van der Waals surface area contributed by atoms with Gasteiger partial charge in [-0.15, -0.1) is 0 Å². The molecule has 1 aromatic carbocycles. The number of hydrogen-bond acceptors (Lipinski definition) is 3. The topological polar surface area (TPSA) is 57.5 Å². The Morgan fingerprint density at radius 1 is 1.07 bits per heavy atom. The first-order valence-corrected chi connectivity index (χ1v) is 10.4. The van der Waals surface area contributed by atoms with Crippen molar-refractivity contribution in [2.24, 2.45) is 17.3 Å². The Bertz CT molecular complexity index is 747. The van der Waals surface area contributed by atoms with Gasteiger partial charge in [-0.25, -0.2) is 0 Å². The van der Waals surface area contributed by atoms with E-state index in [0.29, 0.717) is 5.56 Å². The molecule has 0 radical (unpaired) electrons. The van der Waals surface area contributed by atoms with Crippen LogP contribution in [-0.2, 0) is 10.2 Å². The monoisotopic (exact) mass is 370 g/mol. The number of allylic oxidation sites excluding steroid dienone is 2. The summed E-state index contributed by atoms with van der Waals surface area (Å²) < 4.78 is 0. The maximum atomic E-state index is 12.4. The zero-order valence-corrected chi connectivity index (χ0v) is 17.4. The molecule has 3 nitrogen and oxygen atoms in total. The Labute approximate surface area is 163 Å². The van der Waals surface area contributed by atoms with E-state index in [1.165, 1.54) is 19.3 Å². The van der Waals surface area contributed by atoms with Gasteiger partial charge in [0.25, 0.3) is 0 Å². The Hall–Kier alpha value is -1.77.